The fourth-order valence-electron chi connectivity index (χ4n) is 2.86. The van der Waals surface area contributed by atoms with Gasteiger partial charge in [-0.15, -0.1) is 0 Å². The molecule has 2 N–H and O–H groups in total. The van der Waals surface area contributed by atoms with Gasteiger partial charge in [-0.1, -0.05) is 48.5 Å². The van der Waals surface area contributed by atoms with Crippen LogP contribution in [0.1, 0.15) is 11.1 Å². The molecule has 0 atom stereocenters. The van der Waals surface area contributed by atoms with Gasteiger partial charge in [-0.3, -0.25) is 0 Å². The fraction of sp³-hybridized carbons (Fsp3) is 0.222. The van der Waals surface area contributed by atoms with Crippen LogP contribution in [0, 0.1) is 0 Å². The SMILES string of the molecule is OCCc1cc(CCO)c2ccc3ccccc3c2c1. The number of benzene rings is 3. The van der Waals surface area contributed by atoms with Gasteiger partial charge in [-0.2, -0.15) is 0 Å². The first-order valence-corrected chi connectivity index (χ1v) is 6.98. The second-order valence-electron chi connectivity index (χ2n) is 5.08. The highest BCUT2D eigenvalue weighted by atomic mass is 16.3. The van der Waals surface area contributed by atoms with Gasteiger partial charge in [0.2, 0.25) is 0 Å². The normalized spacial score (nSPS) is 11.3. The van der Waals surface area contributed by atoms with Crippen molar-refractivity contribution in [3.05, 3.63) is 59.7 Å². The van der Waals surface area contributed by atoms with Crippen molar-refractivity contribution < 1.29 is 10.2 Å². The minimum atomic E-state index is 0.143. The summed E-state index contributed by atoms with van der Waals surface area (Å²) in [4.78, 5) is 0. The van der Waals surface area contributed by atoms with Gasteiger partial charge in [0, 0.05) is 13.2 Å². The minimum Gasteiger partial charge on any atom is -0.396 e. The maximum atomic E-state index is 9.26. The van der Waals surface area contributed by atoms with Crippen LogP contribution < -0.4 is 0 Å². The zero-order chi connectivity index (χ0) is 13.9. The molecule has 3 rings (SSSR count). The molecule has 3 aromatic carbocycles. The van der Waals surface area contributed by atoms with Gasteiger partial charge in [0.05, 0.1) is 0 Å². The monoisotopic (exact) mass is 266 g/mol. The summed E-state index contributed by atoms with van der Waals surface area (Å²) in [5.74, 6) is 0. The molecule has 2 heteroatoms. The van der Waals surface area contributed by atoms with Crippen LogP contribution >= 0.6 is 0 Å². The Morgan fingerprint density at radius 3 is 2.30 bits per heavy atom. The fourth-order valence-corrected chi connectivity index (χ4v) is 2.86. The van der Waals surface area contributed by atoms with E-state index in [1.165, 1.54) is 21.5 Å². The maximum absolute atomic E-state index is 9.26. The third-order valence-electron chi connectivity index (χ3n) is 3.79. The van der Waals surface area contributed by atoms with Crippen molar-refractivity contribution in [3.8, 4) is 0 Å². The summed E-state index contributed by atoms with van der Waals surface area (Å²) in [7, 11) is 0. The Morgan fingerprint density at radius 2 is 1.50 bits per heavy atom. The second-order valence-corrected chi connectivity index (χ2v) is 5.08. The van der Waals surface area contributed by atoms with Crippen molar-refractivity contribution in [1.82, 2.24) is 0 Å². The molecular weight excluding hydrogens is 248 g/mol. The topological polar surface area (TPSA) is 40.5 Å². The lowest BCUT2D eigenvalue weighted by Crippen LogP contribution is -1.97. The largest absolute Gasteiger partial charge is 0.396 e. The summed E-state index contributed by atoms with van der Waals surface area (Å²) in [6.45, 7) is 0.291. The smallest absolute Gasteiger partial charge is 0.0471 e. The Kier molecular flexibility index (Phi) is 3.68. The van der Waals surface area contributed by atoms with Crippen LogP contribution in [0.25, 0.3) is 21.5 Å². The van der Waals surface area contributed by atoms with E-state index in [0.29, 0.717) is 12.8 Å². The second kappa shape index (κ2) is 5.61. The summed E-state index contributed by atoms with van der Waals surface area (Å²) in [5.41, 5.74) is 2.28. The average molecular weight is 266 g/mol. The van der Waals surface area contributed by atoms with Gasteiger partial charge in [0.1, 0.15) is 0 Å². The lowest BCUT2D eigenvalue weighted by atomic mass is 9.94. The first kappa shape index (κ1) is 13.1. The molecule has 0 radical (unpaired) electrons. The van der Waals surface area contributed by atoms with Crippen LogP contribution in [-0.4, -0.2) is 23.4 Å². The van der Waals surface area contributed by atoms with Gasteiger partial charge in [-0.25, -0.2) is 0 Å². The van der Waals surface area contributed by atoms with Gasteiger partial charge >= 0.3 is 0 Å². The van der Waals surface area contributed by atoms with E-state index in [1.54, 1.807) is 0 Å². The highest BCUT2D eigenvalue weighted by Gasteiger charge is 2.07. The lowest BCUT2D eigenvalue weighted by molar-refractivity contribution is 0.298. The third-order valence-corrected chi connectivity index (χ3v) is 3.79. The molecule has 0 saturated heterocycles. The molecule has 0 heterocycles. The van der Waals surface area contributed by atoms with Crippen molar-refractivity contribution in [2.24, 2.45) is 0 Å². The number of aliphatic hydroxyl groups excluding tert-OH is 2. The minimum absolute atomic E-state index is 0.143. The first-order valence-electron chi connectivity index (χ1n) is 6.98. The molecule has 0 aliphatic carbocycles. The molecule has 20 heavy (non-hydrogen) atoms. The molecule has 3 aromatic rings. The number of aliphatic hydroxyl groups is 2. The van der Waals surface area contributed by atoms with Crippen molar-refractivity contribution in [2.45, 2.75) is 12.8 Å². The van der Waals surface area contributed by atoms with E-state index in [2.05, 4.69) is 36.4 Å². The maximum Gasteiger partial charge on any atom is 0.0471 e. The van der Waals surface area contributed by atoms with E-state index in [1.807, 2.05) is 12.1 Å². The van der Waals surface area contributed by atoms with Crippen molar-refractivity contribution in [1.29, 1.82) is 0 Å². The van der Waals surface area contributed by atoms with Crippen molar-refractivity contribution in [2.75, 3.05) is 13.2 Å². The molecule has 0 fully saturated rings. The van der Waals surface area contributed by atoms with Gasteiger partial charge in [-0.05, 0) is 45.5 Å². The van der Waals surface area contributed by atoms with E-state index in [9.17, 15) is 10.2 Å². The van der Waals surface area contributed by atoms with E-state index < -0.39 is 0 Å². The molecule has 0 bridgehead atoms. The van der Waals surface area contributed by atoms with E-state index in [0.717, 1.165) is 11.1 Å². The van der Waals surface area contributed by atoms with Crippen LogP contribution in [0.4, 0.5) is 0 Å². The predicted octanol–water partition coefficient (Wildman–Crippen LogP) is 3.06. The molecule has 0 aromatic heterocycles. The Balaban J connectivity index is 2.34. The number of rotatable bonds is 4. The molecule has 0 unspecified atom stereocenters. The summed E-state index contributed by atoms with van der Waals surface area (Å²) < 4.78 is 0. The van der Waals surface area contributed by atoms with E-state index in [-0.39, 0.29) is 13.2 Å². The highest BCUT2D eigenvalue weighted by molar-refractivity contribution is 6.08. The molecule has 102 valence electrons. The Morgan fingerprint density at radius 1 is 0.700 bits per heavy atom. The zero-order valence-corrected chi connectivity index (χ0v) is 11.3. The van der Waals surface area contributed by atoms with E-state index >= 15 is 0 Å². The quantitative estimate of drug-likeness (QED) is 0.712. The number of hydrogen-bond donors (Lipinski definition) is 2. The van der Waals surface area contributed by atoms with Crippen molar-refractivity contribution in [3.63, 3.8) is 0 Å². The van der Waals surface area contributed by atoms with Crippen LogP contribution in [0.3, 0.4) is 0 Å². The molecule has 2 nitrogen and oxygen atoms in total. The van der Waals surface area contributed by atoms with Gasteiger partial charge in [0.25, 0.3) is 0 Å². The van der Waals surface area contributed by atoms with Crippen molar-refractivity contribution >= 4 is 21.5 Å². The summed E-state index contributed by atoms with van der Waals surface area (Å²) >= 11 is 0. The van der Waals surface area contributed by atoms with E-state index in [4.69, 9.17) is 0 Å². The van der Waals surface area contributed by atoms with Crippen LogP contribution in [0.2, 0.25) is 0 Å². The molecular formula is C18H18O2. The molecule has 0 amide bonds. The zero-order valence-electron chi connectivity index (χ0n) is 11.3. The Hall–Kier alpha value is -1.90. The standard InChI is InChI=1S/C18H18O2/c19-9-7-13-11-15(8-10-20)17-6-5-14-3-1-2-4-16(14)18(17)12-13/h1-6,11-12,19-20H,7-10H2. The first-order chi connectivity index (χ1) is 9.83. The third kappa shape index (κ3) is 2.28. The Labute approximate surface area is 118 Å². The summed E-state index contributed by atoms with van der Waals surface area (Å²) in [6, 6.07) is 16.9. The Bertz CT molecular complexity index is 747. The highest BCUT2D eigenvalue weighted by Crippen LogP contribution is 2.29. The number of hydrogen-bond acceptors (Lipinski definition) is 2. The van der Waals surface area contributed by atoms with Crippen LogP contribution in [-0.2, 0) is 12.8 Å². The number of fused-ring (bicyclic) bond motifs is 3. The van der Waals surface area contributed by atoms with Crippen LogP contribution in [0.5, 0.6) is 0 Å². The predicted molar refractivity (Wildman–Crippen MR) is 83.0 cm³/mol. The lowest BCUT2D eigenvalue weighted by Gasteiger charge is -2.11. The molecule has 0 spiro atoms. The molecule has 0 aliphatic rings. The van der Waals surface area contributed by atoms with Gasteiger partial charge in [0.15, 0.2) is 0 Å². The van der Waals surface area contributed by atoms with Gasteiger partial charge < -0.3 is 10.2 Å². The summed E-state index contributed by atoms with van der Waals surface area (Å²) in [5, 5.41) is 23.3. The molecule has 0 saturated carbocycles. The molecule has 0 aliphatic heterocycles. The van der Waals surface area contributed by atoms with Crippen LogP contribution in [0.15, 0.2) is 48.5 Å². The average Bonchev–Trinajstić information content (AvgIpc) is 2.48. The summed E-state index contributed by atoms with van der Waals surface area (Å²) in [6.07, 6.45) is 1.30.